The molecule has 0 heterocycles. The molecule has 0 aromatic heterocycles. The number of aliphatic hydroxyl groups excluding tert-OH is 1. The molecule has 2 aromatic rings. The van der Waals surface area contributed by atoms with Gasteiger partial charge in [-0.3, -0.25) is 4.79 Å². The van der Waals surface area contributed by atoms with E-state index < -0.39 is 0 Å². The molecule has 1 unspecified atom stereocenters. The standard InChI is InChI=1S/C16H18N2O2/c17-14-8-4-7-13(10-14)16(20)18-15(11-19)9-12-5-2-1-3-6-12/h1-8,10,15,19H,9,11,17H2,(H,18,20). The number of anilines is 1. The third-order valence-electron chi connectivity index (χ3n) is 3.03. The van der Waals surface area contributed by atoms with Crippen LogP contribution in [0.15, 0.2) is 54.6 Å². The van der Waals surface area contributed by atoms with Crippen LogP contribution < -0.4 is 11.1 Å². The zero-order valence-corrected chi connectivity index (χ0v) is 11.1. The summed E-state index contributed by atoms with van der Waals surface area (Å²) in [5, 5.41) is 12.2. The van der Waals surface area contributed by atoms with Gasteiger partial charge in [-0.15, -0.1) is 0 Å². The number of benzene rings is 2. The van der Waals surface area contributed by atoms with Crippen LogP contribution in [-0.2, 0) is 6.42 Å². The van der Waals surface area contributed by atoms with Gasteiger partial charge in [0, 0.05) is 11.3 Å². The van der Waals surface area contributed by atoms with Crippen LogP contribution in [0.3, 0.4) is 0 Å². The Labute approximate surface area is 118 Å². The average molecular weight is 270 g/mol. The molecular formula is C16H18N2O2. The van der Waals surface area contributed by atoms with E-state index >= 15 is 0 Å². The van der Waals surface area contributed by atoms with Crippen molar-refractivity contribution in [2.75, 3.05) is 12.3 Å². The van der Waals surface area contributed by atoms with Crippen molar-refractivity contribution in [1.82, 2.24) is 5.32 Å². The molecule has 1 atom stereocenters. The van der Waals surface area contributed by atoms with Crippen molar-refractivity contribution < 1.29 is 9.90 Å². The smallest absolute Gasteiger partial charge is 0.251 e. The lowest BCUT2D eigenvalue weighted by Gasteiger charge is -2.16. The zero-order chi connectivity index (χ0) is 14.4. The van der Waals surface area contributed by atoms with Gasteiger partial charge in [0.15, 0.2) is 0 Å². The molecule has 0 aliphatic rings. The maximum atomic E-state index is 12.1. The molecule has 0 aliphatic carbocycles. The predicted octanol–water partition coefficient (Wildman–Crippen LogP) is 1.60. The normalized spacial score (nSPS) is 11.8. The minimum Gasteiger partial charge on any atom is -0.399 e. The first-order valence-electron chi connectivity index (χ1n) is 6.50. The van der Waals surface area contributed by atoms with Crippen LogP contribution in [0.4, 0.5) is 5.69 Å². The summed E-state index contributed by atoms with van der Waals surface area (Å²) in [6.07, 6.45) is 0.589. The summed E-state index contributed by atoms with van der Waals surface area (Å²) in [7, 11) is 0. The lowest BCUT2D eigenvalue weighted by Crippen LogP contribution is -2.39. The number of carbonyl (C=O) groups excluding carboxylic acids is 1. The van der Waals surface area contributed by atoms with Crippen molar-refractivity contribution >= 4 is 11.6 Å². The number of rotatable bonds is 5. The van der Waals surface area contributed by atoms with E-state index in [1.165, 1.54) is 0 Å². The first-order valence-corrected chi connectivity index (χ1v) is 6.50. The fourth-order valence-corrected chi connectivity index (χ4v) is 2.01. The van der Waals surface area contributed by atoms with E-state index in [0.717, 1.165) is 5.56 Å². The molecule has 2 aromatic carbocycles. The summed E-state index contributed by atoms with van der Waals surface area (Å²) in [5.41, 5.74) is 7.76. The van der Waals surface area contributed by atoms with E-state index in [4.69, 9.17) is 5.73 Å². The fourth-order valence-electron chi connectivity index (χ4n) is 2.01. The molecule has 2 rings (SSSR count). The van der Waals surface area contributed by atoms with Gasteiger partial charge in [0.25, 0.3) is 5.91 Å². The van der Waals surface area contributed by atoms with E-state index in [2.05, 4.69) is 5.32 Å². The summed E-state index contributed by atoms with van der Waals surface area (Å²) < 4.78 is 0. The van der Waals surface area contributed by atoms with Gasteiger partial charge in [-0.25, -0.2) is 0 Å². The molecule has 0 saturated heterocycles. The topological polar surface area (TPSA) is 75.4 Å². The molecule has 4 heteroatoms. The van der Waals surface area contributed by atoms with E-state index in [1.807, 2.05) is 30.3 Å². The number of amides is 1. The van der Waals surface area contributed by atoms with Gasteiger partial charge in [-0.05, 0) is 30.2 Å². The number of nitrogens with two attached hydrogens (primary N) is 1. The zero-order valence-electron chi connectivity index (χ0n) is 11.1. The average Bonchev–Trinajstić information content (AvgIpc) is 2.47. The Kier molecular flexibility index (Phi) is 4.74. The molecular weight excluding hydrogens is 252 g/mol. The quantitative estimate of drug-likeness (QED) is 0.722. The van der Waals surface area contributed by atoms with E-state index in [1.54, 1.807) is 24.3 Å². The Morgan fingerprint density at radius 2 is 1.90 bits per heavy atom. The van der Waals surface area contributed by atoms with E-state index in [9.17, 15) is 9.90 Å². The van der Waals surface area contributed by atoms with Gasteiger partial charge in [0.1, 0.15) is 0 Å². The Hall–Kier alpha value is -2.33. The minimum absolute atomic E-state index is 0.108. The molecule has 104 valence electrons. The van der Waals surface area contributed by atoms with Crippen LogP contribution in [0.5, 0.6) is 0 Å². The monoisotopic (exact) mass is 270 g/mol. The lowest BCUT2D eigenvalue weighted by atomic mass is 10.1. The highest BCUT2D eigenvalue weighted by molar-refractivity contribution is 5.95. The van der Waals surface area contributed by atoms with E-state index in [-0.39, 0.29) is 18.6 Å². The number of nitrogen functional groups attached to an aromatic ring is 1. The number of hydrogen-bond donors (Lipinski definition) is 3. The molecule has 0 radical (unpaired) electrons. The fraction of sp³-hybridized carbons (Fsp3) is 0.188. The summed E-state index contributed by atoms with van der Waals surface area (Å²) in [5.74, 6) is -0.229. The molecule has 4 N–H and O–H groups in total. The van der Waals surface area contributed by atoms with Gasteiger partial charge in [0.05, 0.1) is 12.6 Å². The van der Waals surface area contributed by atoms with Crippen LogP contribution in [0.1, 0.15) is 15.9 Å². The molecule has 4 nitrogen and oxygen atoms in total. The molecule has 1 amide bonds. The van der Waals surface area contributed by atoms with Gasteiger partial charge < -0.3 is 16.2 Å². The van der Waals surface area contributed by atoms with Gasteiger partial charge >= 0.3 is 0 Å². The summed E-state index contributed by atoms with van der Waals surface area (Å²) in [6, 6.07) is 16.2. The molecule has 0 spiro atoms. The first kappa shape index (κ1) is 14.1. The second-order valence-electron chi connectivity index (χ2n) is 4.67. The number of hydrogen-bond acceptors (Lipinski definition) is 3. The van der Waals surface area contributed by atoms with E-state index in [0.29, 0.717) is 17.7 Å². The van der Waals surface area contributed by atoms with Gasteiger partial charge in [-0.2, -0.15) is 0 Å². The Bertz CT molecular complexity index is 570. The third kappa shape index (κ3) is 3.83. The van der Waals surface area contributed by atoms with Crippen molar-refractivity contribution in [2.24, 2.45) is 0 Å². The lowest BCUT2D eigenvalue weighted by molar-refractivity contribution is 0.0916. The van der Waals surface area contributed by atoms with Crippen LogP contribution in [0, 0.1) is 0 Å². The molecule has 0 aliphatic heterocycles. The Balaban J connectivity index is 2.01. The van der Waals surface area contributed by atoms with Crippen LogP contribution in [-0.4, -0.2) is 23.7 Å². The molecule has 0 saturated carbocycles. The minimum atomic E-state index is -0.314. The number of aliphatic hydroxyl groups is 1. The first-order chi connectivity index (χ1) is 9.69. The Morgan fingerprint density at radius 1 is 1.15 bits per heavy atom. The van der Waals surface area contributed by atoms with Gasteiger partial charge in [-0.1, -0.05) is 36.4 Å². The predicted molar refractivity (Wildman–Crippen MR) is 79.3 cm³/mol. The van der Waals surface area contributed by atoms with Crippen molar-refractivity contribution in [3.05, 3.63) is 65.7 Å². The summed E-state index contributed by atoms with van der Waals surface area (Å²) in [4.78, 5) is 12.1. The van der Waals surface area contributed by atoms with Crippen LogP contribution >= 0.6 is 0 Å². The summed E-state index contributed by atoms with van der Waals surface area (Å²) in [6.45, 7) is -0.108. The number of carbonyl (C=O) groups is 1. The Morgan fingerprint density at radius 3 is 2.55 bits per heavy atom. The third-order valence-corrected chi connectivity index (χ3v) is 3.03. The maximum Gasteiger partial charge on any atom is 0.251 e. The summed E-state index contributed by atoms with van der Waals surface area (Å²) >= 11 is 0. The molecule has 0 bridgehead atoms. The highest BCUT2D eigenvalue weighted by Crippen LogP contribution is 2.08. The van der Waals surface area contributed by atoms with Crippen LogP contribution in [0.2, 0.25) is 0 Å². The highest BCUT2D eigenvalue weighted by Gasteiger charge is 2.13. The van der Waals surface area contributed by atoms with Gasteiger partial charge in [0.2, 0.25) is 0 Å². The number of nitrogens with one attached hydrogen (secondary N) is 1. The molecule has 0 fully saturated rings. The van der Waals surface area contributed by atoms with Crippen LogP contribution in [0.25, 0.3) is 0 Å². The highest BCUT2D eigenvalue weighted by atomic mass is 16.3. The van der Waals surface area contributed by atoms with Crippen molar-refractivity contribution in [2.45, 2.75) is 12.5 Å². The van der Waals surface area contributed by atoms with Crippen molar-refractivity contribution in [3.8, 4) is 0 Å². The maximum absolute atomic E-state index is 12.1. The second-order valence-corrected chi connectivity index (χ2v) is 4.67. The van der Waals surface area contributed by atoms with Crippen molar-refractivity contribution in [3.63, 3.8) is 0 Å². The largest absolute Gasteiger partial charge is 0.399 e. The van der Waals surface area contributed by atoms with Crippen molar-refractivity contribution in [1.29, 1.82) is 0 Å². The SMILES string of the molecule is Nc1cccc(C(=O)NC(CO)Cc2ccccc2)c1. The second kappa shape index (κ2) is 6.73. The molecule has 20 heavy (non-hydrogen) atoms.